The smallest absolute Gasteiger partial charge is 0.242 e. The van der Waals surface area contributed by atoms with Gasteiger partial charge >= 0.3 is 0 Å². The Morgan fingerprint density at radius 1 is 1.27 bits per heavy atom. The van der Waals surface area contributed by atoms with Crippen LogP contribution in [0.3, 0.4) is 0 Å². The van der Waals surface area contributed by atoms with Gasteiger partial charge in [0.05, 0.1) is 12.6 Å². The molecule has 0 unspecified atom stereocenters. The van der Waals surface area contributed by atoms with Crippen molar-refractivity contribution in [2.45, 2.75) is 47.1 Å². The molecule has 0 saturated carbocycles. The van der Waals surface area contributed by atoms with Crippen LogP contribution in [0.1, 0.15) is 48.4 Å². The molecule has 1 aromatic heterocycles. The number of carbonyl (C=O) groups excluding carboxylic acids is 2. The molecule has 0 bridgehead atoms. The minimum atomic E-state index is -0.138. The lowest BCUT2D eigenvalue weighted by atomic mass is 10.00. The lowest BCUT2D eigenvalue weighted by Gasteiger charge is -2.37. The number of ether oxygens (including phenoxy) is 1. The maximum atomic E-state index is 13.2. The van der Waals surface area contributed by atoms with Gasteiger partial charge in [-0.05, 0) is 55.8 Å². The van der Waals surface area contributed by atoms with Crippen LogP contribution in [0.25, 0.3) is 0 Å². The quantitative estimate of drug-likeness (QED) is 0.658. The van der Waals surface area contributed by atoms with E-state index in [4.69, 9.17) is 4.74 Å². The van der Waals surface area contributed by atoms with Gasteiger partial charge in [0.1, 0.15) is 12.4 Å². The fourth-order valence-electron chi connectivity index (χ4n) is 3.97. The molecule has 6 heteroatoms. The van der Waals surface area contributed by atoms with E-state index < -0.39 is 0 Å². The van der Waals surface area contributed by atoms with Gasteiger partial charge in [0.25, 0.3) is 0 Å². The summed E-state index contributed by atoms with van der Waals surface area (Å²) in [6.45, 7) is 11.5. The minimum Gasteiger partial charge on any atom is -0.491 e. The average Bonchev–Trinajstić information content (AvgIpc) is 3.19. The Morgan fingerprint density at radius 2 is 2.03 bits per heavy atom. The molecule has 0 N–H and O–H groups in total. The third kappa shape index (κ3) is 4.86. The number of likely N-dealkylation sites (N-methyl/N-ethyl adjacent to an activating group) is 1. The van der Waals surface area contributed by atoms with Crippen LogP contribution >= 0.6 is 11.3 Å². The number of nitrogens with zero attached hydrogens (tertiary/aromatic N) is 2. The lowest BCUT2D eigenvalue weighted by molar-refractivity contribution is -0.144. The highest BCUT2D eigenvalue weighted by atomic mass is 32.1. The Hall–Kier alpha value is -2.34. The van der Waals surface area contributed by atoms with Crippen molar-refractivity contribution in [2.24, 2.45) is 5.92 Å². The van der Waals surface area contributed by atoms with E-state index in [0.717, 1.165) is 17.7 Å². The summed E-state index contributed by atoms with van der Waals surface area (Å²) < 4.78 is 6.19. The number of hydrogen-bond donors (Lipinski definition) is 0. The first-order chi connectivity index (χ1) is 14.3. The van der Waals surface area contributed by atoms with Gasteiger partial charge < -0.3 is 14.5 Å². The van der Waals surface area contributed by atoms with Crippen LogP contribution < -0.4 is 4.74 Å². The molecule has 0 fully saturated rings. The van der Waals surface area contributed by atoms with Crippen molar-refractivity contribution in [2.75, 3.05) is 26.2 Å². The van der Waals surface area contributed by atoms with Crippen LogP contribution in [-0.2, 0) is 16.0 Å². The highest BCUT2D eigenvalue weighted by Gasteiger charge is 2.33. The van der Waals surface area contributed by atoms with Crippen molar-refractivity contribution >= 4 is 23.2 Å². The second-order valence-corrected chi connectivity index (χ2v) is 9.24. The Kier molecular flexibility index (Phi) is 7.19. The molecule has 1 aliphatic heterocycles. The van der Waals surface area contributed by atoms with Crippen LogP contribution in [0.15, 0.2) is 29.6 Å². The summed E-state index contributed by atoms with van der Waals surface area (Å²) in [5.41, 5.74) is 3.46. The Bertz CT molecular complexity index is 906. The first-order valence-corrected chi connectivity index (χ1v) is 11.5. The first kappa shape index (κ1) is 22.3. The van der Waals surface area contributed by atoms with Gasteiger partial charge in [0.2, 0.25) is 11.8 Å². The summed E-state index contributed by atoms with van der Waals surface area (Å²) in [4.78, 5) is 30.5. The van der Waals surface area contributed by atoms with E-state index in [1.54, 1.807) is 16.2 Å². The van der Waals surface area contributed by atoms with Gasteiger partial charge in [0, 0.05) is 23.9 Å². The predicted octanol–water partition coefficient (Wildman–Crippen LogP) is 4.37. The van der Waals surface area contributed by atoms with E-state index in [9.17, 15) is 9.59 Å². The van der Waals surface area contributed by atoms with Crippen LogP contribution in [0.2, 0.25) is 0 Å². The summed E-state index contributed by atoms with van der Waals surface area (Å²) >= 11 is 1.74. The first-order valence-electron chi connectivity index (χ1n) is 10.7. The van der Waals surface area contributed by atoms with Crippen LogP contribution in [-0.4, -0.2) is 47.9 Å². The van der Waals surface area contributed by atoms with Crippen molar-refractivity contribution in [3.05, 3.63) is 51.2 Å². The monoisotopic (exact) mass is 428 g/mol. The molecule has 0 aliphatic carbocycles. The van der Waals surface area contributed by atoms with E-state index in [-0.39, 0.29) is 30.3 Å². The third-order valence-electron chi connectivity index (χ3n) is 5.66. The number of hydrogen-bond acceptors (Lipinski definition) is 4. The predicted molar refractivity (Wildman–Crippen MR) is 121 cm³/mol. The summed E-state index contributed by atoms with van der Waals surface area (Å²) in [5, 5.41) is 2.09. The largest absolute Gasteiger partial charge is 0.491 e. The SMILES string of the molecule is CCN(CC(=O)N1CCc2sccc2[C@@H]1COc1ccc(C)cc1C)C(=O)C(C)C. The highest BCUT2D eigenvalue weighted by Crippen LogP contribution is 2.34. The lowest BCUT2D eigenvalue weighted by Crippen LogP contribution is -2.48. The van der Waals surface area contributed by atoms with E-state index >= 15 is 0 Å². The van der Waals surface area contributed by atoms with Crippen molar-refractivity contribution in [3.8, 4) is 5.75 Å². The number of rotatable bonds is 7. The van der Waals surface area contributed by atoms with Crippen LogP contribution in [0.5, 0.6) is 5.75 Å². The number of thiophene rings is 1. The highest BCUT2D eigenvalue weighted by molar-refractivity contribution is 7.10. The number of benzene rings is 1. The van der Waals surface area contributed by atoms with Crippen molar-refractivity contribution < 1.29 is 14.3 Å². The second kappa shape index (κ2) is 9.65. The molecular weight excluding hydrogens is 396 g/mol. The molecule has 2 aromatic rings. The average molecular weight is 429 g/mol. The standard InChI is InChI=1S/C24H32N2O3S/c1-6-25(24(28)16(2)3)14-23(27)26-11-9-22-19(10-12-30-22)20(26)15-29-21-8-7-17(4)13-18(21)5/h7-8,10,12-13,16,20H,6,9,11,14-15H2,1-5H3/t20-/m0/s1. The molecule has 0 saturated heterocycles. The van der Waals surface area contributed by atoms with Crippen LogP contribution in [0, 0.1) is 19.8 Å². The molecular formula is C24H32N2O3S. The fourth-order valence-corrected chi connectivity index (χ4v) is 4.90. The molecule has 0 spiro atoms. The second-order valence-electron chi connectivity index (χ2n) is 8.24. The van der Waals surface area contributed by atoms with E-state index in [1.165, 1.54) is 16.0 Å². The third-order valence-corrected chi connectivity index (χ3v) is 6.65. The zero-order valence-electron chi connectivity index (χ0n) is 18.6. The normalized spacial score (nSPS) is 15.8. The molecule has 162 valence electrons. The molecule has 2 heterocycles. The zero-order valence-corrected chi connectivity index (χ0v) is 19.4. The van der Waals surface area contributed by atoms with Gasteiger partial charge in [0.15, 0.2) is 0 Å². The van der Waals surface area contributed by atoms with Gasteiger partial charge in [-0.2, -0.15) is 0 Å². The van der Waals surface area contributed by atoms with Crippen molar-refractivity contribution in [1.29, 1.82) is 0 Å². The molecule has 30 heavy (non-hydrogen) atoms. The summed E-state index contributed by atoms with van der Waals surface area (Å²) in [6.07, 6.45) is 0.850. The minimum absolute atomic E-state index is 0.0159. The van der Waals surface area contributed by atoms with Gasteiger partial charge in [-0.25, -0.2) is 0 Å². The number of amides is 2. The summed E-state index contributed by atoms with van der Waals surface area (Å²) in [7, 11) is 0. The van der Waals surface area contributed by atoms with Crippen LogP contribution in [0.4, 0.5) is 0 Å². The molecule has 0 radical (unpaired) electrons. The maximum absolute atomic E-state index is 13.2. The van der Waals surface area contributed by atoms with Crippen molar-refractivity contribution in [3.63, 3.8) is 0 Å². The van der Waals surface area contributed by atoms with Gasteiger partial charge in [-0.1, -0.05) is 31.5 Å². The van der Waals surface area contributed by atoms with E-state index in [2.05, 4.69) is 24.4 Å². The van der Waals surface area contributed by atoms with E-state index in [0.29, 0.717) is 19.7 Å². The Morgan fingerprint density at radius 3 is 2.70 bits per heavy atom. The molecule has 1 aromatic carbocycles. The summed E-state index contributed by atoms with van der Waals surface area (Å²) in [6, 6.07) is 8.10. The fraction of sp³-hybridized carbons (Fsp3) is 0.500. The molecule has 1 aliphatic rings. The van der Waals surface area contributed by atoms with Gasteiger partial charge in [-0.15, -0.1) is 11.3 Å². The van der Waals surface area contributed by atoms with Crippen molar-refractivity contribution in [1.82, 2.24) is 9.80 Å². The number of fused-ring (bicyclic) bond motifs is 1. The van der Waals surface area contributed by atoms with E-state index in [1.807, 2.05) is 44.7 Å². The number of carbonyl (C=O) groups is 2. The molecule has 3 rings (SSSR count). The molecule has 5 nitrogen and oxygen atoms in total. The Balaban J connectivity index is 1.78. The van der Waals surface area contributed by atoms with Gasteiger partial charge in [-0.3, -0.25) is 9.59 Å². The zero-order chi connectivity index (χ0) is 21.8. The molecule has 1 atom stereocenters. The topological polar surface area (TPSA) is 49.9 Å². The number of aryl methyl sites for hydroxylation is 2. The molecule has 2 amide bonds. The summed E-state index contributed by atoms with van der Waals surface area (Å²) in [5.74, 6) is 0.728. The Labute approximate surface area is 183 Å². The maximum Gasteiger partial charge on any atom is 0.242 e.